The molecule has 0 aliphatic rings. The standard InChI is InChI=1S/C23H33NO6/c1-5-28-21-8-6-7-9-22(21)30-17-19(25)16-24(2)15-18-10-11-20(27-4)23(14-18)29-13-12-26-3/h6-11,14,19,25H,5,12-13,15-17H2,1-4H3. The first-order valence-corrected chi connectivity index (χ1v) is 10.1. The van der Waals surface area contributed by atoms with Crippen LogP contribution in [0.4, 0.5) is 0 Å². The first-order chi connectivity index (χ1) is 14.6. The van der Waals surface area contributed by atoms with E-state index >= 15 is 0 Å². The van der Waals surface area contributed by atoms with Gasteiger partial charge in [0.2, 0.25) is 0 Å². The molecule has 0 heterocycles. The molecule has 0 spiro atoms. The van der Waals surface area contributed by atoms with Crippen molar-refractivity contribution in [3.8, 4) is 23.0 Å². The van der Waals surface area contributed by atoms with Crippen LogP contribution in [0.15, 0.2) is 42.5 Å². The van der Waals surface area contributed by atoms with Crippen molar-refractivity contribution in [1.29, 1.82) is 0 Å². The van der Waals surface area contributed by atoms with Crippen LogP contribution in [-0.4, -0.2) is 70.3 Å². The van der Waals surface area contributed by atoms with Crippen molar-refractivity contribution in [2.75, 3.05) is 54.2 Å². The summed E-state index contributed by atoms with van der Waals surface area (Å²) in [6.07, 6.45) is -0.639. The lowest BCUT2D eigenvalue weighted by Gasteiger charge is -2.22. The van der Waals surface area contributed by atoms with Crippen LogP contribution < -0.4 is 18.9 Å². The number of rotatable bonds is 14. The average Bonchev–Trinajstić information content (AvgIpc) is 2.73. The molecule has 7 nitrogen and oxygen atoms in total. The van der Waals surface area contributed by atoms with Gasteiger partial charge in [-0.15, -0.1) is 0 Å². The number of hydrogen-bond acceptors (Lipinski definition) is 7. The molecule has 1 atom stereocenters. The minimum atomic E-state index is -0.639. The van der Waals surface area contributed by atoms with Gasteiger partial charge in [-0.3, -0.25) is 4.90 Å². The van der Waals surface area contributed by atoms with Crippen LogP contribution in [0.5, 0.6) is 23.0 Å². The molecule has 0 radical (unpaired) electrons. The minimum Gasteiger partial charge on any atom is -0.493 e. The highest BCUT2D eigenvalue weighted by Crippen LogP contribution is 2.29. The highest BCUT2D eigenvalue weighted by atomic mass is 16.5. The van der Waals surface area contributed by atoms with E-state index in [2.05, 4.69) is 0 Å². The number of aliphatic hydroxyl groups is 1. The Balaban J connectivity index is 1.87. The van der Waals surface area contributed by atoms with Gasteiger partial charge in [-0.2, -0.15) is 0 Å². The highest BCUT2D eigenvalue weighted by molar-refractivity contribution is 5.43. The van der Waals surface area contributed by atoms with Crippen molar-refractivity contribution in [3.63, 3.8) is 0 Å². The number of aliphatic hydroxyl groups excluding tert-OH is 1. The number of para-hydroxylation sites is 2. The largest absolute Gasteiger partial charge is 0.493 e. The van der Waals surface area contributed by atoms with Crippen LogP contribution in [0.3, 0.4) is 0 Å². The fourth-order valence-corrected chi connectivity index (χ4v) is 2.99. The number of hydrogen-bond donors (Lipinski definition) is 1. The quantitative estimate of drug-likeness (QED) is 0.472. The molecular formula is C23H33NO6. The van der Waals surface area contributed by atoms with Gasteiger partial charge >= 0.3 is 0 Å². The Morgan fingerprint density at radius 1 is 0.900 bits per heavy atom. The van der Waals surface area contributed by atoms with Gasteiger partial charge in [0.15, 0.2) is 23.0 Å². The molecule has 1 unspecified atom stereocenters. The van der Waals surface area contributed by atoms with Crippen molar-refractivity contribution in [3.05, 3.63) is 48.0 Å². The molecule has 0 amide bonds. The van der Waals surface area contributed by atoms with E-state index < -0.39 is 6.10 Å². The van der Waals surface area contributed by atoms with E-state index in [-0.39, 0.29) is 6.61 Å². The monoisotopic (exact) mass is 419 g/mol. The second-order valence-electron chi connectivity index (χ2n) is 6.87. The first kappa shape index (κ1) is 23.8. The molecule has 0 aromatic heterocycles. The Morgan fingerprint density at radius 2 is 1.63 bits per heavy atom. The van der Waals surface area contributed by atoms with Crippen molar-refractivity contribution in [2.45, 2.75) is 19.6 Å². The molecule has 30 heavy (non-hydrogen) atoms. The number of nitrogens with zero attached hydrogens (tertiary/aromatic N) is 1. The van der Waals surface area contributed by atoms with Crippen molar-refractivity contribution in [1.82, 2.24) is 4.90 Å². The van der Waals surface area contributed by atoms with Crippen molar-refractivity contribution < 1.29 is 28.8 Å². The SMILES string of the molecule is CCOc1ccccc1OCC(O)CN(C)Cc1ccc(OC)c(OCCOC)c1. The van der Waals surface area contributed by atoms with E-state index in [1.165, 1.54) is 0 Å². The van der Waals surface area contributed by atoms with Crippen LogP contribution in [0, 0.1) is 0 Å². The van der Waals surface area contributed by atoms with Gasteiger partial charge < -0.3 is 28.8 Å². The van der Waals surface area contributed by atoms with E-state index in [1.54, 1.807) is 14.2 Å². The summed E-state index contributed by atoms with van der Waals surface area (Å²) < 4.78 is 27.4. The Morgan fingerprint density at radius 3 is 2.30 bits per heavy atom. The van der Waals surface area contributed by atoms with E-state index in [0.29, 0.717) is 55.9 Å². The Hall–Kier alpha value is -2.48. The highest BCUT2D eigenvalue weighted by Gasteiger charge is 2.13. The first-order valence-electron chi connectivity index (χ1n) is 10.1. The molecule has 0 saturated heterocycles. The van der Waals surface area contributed by atoms with E-state index in [9.17, 15) is 5.11 Å². The van der Waals surface area contributed by atoms with Crippen LogP contribution in [0.2, 0.25) is 0 Å². The molecule has 0 aliphatic heterocycles. The van der Waals surface area contributed by atoms with Gasteiger partial charge in [0.25, 0.3) is 0 Å². The third-order valence-corrected chi connectivity index (χ3v) is 4.33. The molecular weight excluding hydrogens is 386 g/mol. The summed E-state index contributed by atoms with van der Waals surface area (Å²) in [6.45, 7) is 4.73. The smallest absolute Gasteiger partial charge is 0.161 e. The molecule has 0 saturated carbocycles. The lowest BCUT2D eigenvalue weighted by molar-refractivity contribution is 0.0730. The molecule has 2 rings (SSSR count). The number of benzene rings is 2. The van der Waals surface area contributed by atoms with Crippen LogP contribution in [-0.2, 0) is 11.3 Å². The normalized spacial score (nSPS) is 11.9. The van der Waals surface area contributed by atoms with Gasteiger partial charge in [-0.25, -0.2) is 0 Å². The van der Waals surface area contributed by atoms with E-state index in [0.717, 1.165) is 5.56 Å². The number of ether oxygens (including phenoxy) is 5. The average molecular weight is 420 g/mol. The number of methoxy groups -OCH3 is 2. The maximum absolute atomic E-state index is 10.4. The Bertz CT molecular complexity index is 754. The lowest BCUT2D eigenvalue weighted by Crippen LogP contribution is -2.32. The fourth-order valence-electron chi connectivity index (χ4n) is 2.99. The van der Waals surface area contributed by atoms with E-state index in [1.807, 2.05) is 61.3 Å². The van der Waals surface area contributed by atoms with Crippen LogP contribution in [0.25, 0.3) is 0 Å². The summed E-state index contributed by atoms with van der Waals surface area (Å²) in [7, 11) is 5.20. The Kier molecular flexibility index (Phi) is 10.3. The molecule has 7 heteroatoms. The van der Waals surface area contributed by atoms with Crippen LogP contribution in [0.1, 0.15) is 12.5 Å². The number of likely N-dealkylation sites (N-methyl/N-ethyl adjacent to an activating group) is 1. The summed E-state index contributed by atoms with van der Waals surface area (Å²) >= 11 is 0. The lowest BCUT2D eigenvalue weighted by atomic mass is 10.2. The molecule has 2 aromatic carbocycles. The molecule has 0 bridgehead atoms. The van der Waals surface area contributed by atoms with Crippen molar-refractivity contribution >= 4 is 0 Å². The fraction of sp³-hybridized carbons (Fsp3) is 0.478. The third-order valence-electron chi connectivity index (χ3n) is 4.33. The van der Waals surface area contributed by atoms with Gasteiger partial charge in [0.1, 0.15) is 19.3 Å². The minimum absolute atomic E-state index is 0.183. The third kappa shape index (κ3) is 7.74. The zero-order valence-electron chi connectivity index (χ0n) is 18.3. The molecule has 1 N–H and O–H groups in total. The molecule has 2 aromatic rings. The summed E-state index contributed by atoms with van der Waals surface area (Å²) in [5, 5.41) is 10.4. The zero-order valence-corrected chi connectivity index (χ0v) is 18.3. The summed E-state index contributed by atoms with van der Waals surface area (Å²) in [4.78, 5) is 2.03. The second kappa shape index (κ2) is 13.0. The van der Waals surface area contributed by atoms with Gasteiger partial charge in [-0.05, 0) is 43.8 Å². The topological polar surface area (TPSA) is 69.6 Å². The van der Waals surface area contributed by atoms with Crippen molar-refractivity contribution in [2.24, 2.45) is 0 Å². The molecule has 166 valence electrons. The molecule has 0 aliphatic carbocycles. The van der Waals surface area contributed by atoms with E-state index in [4.69, 9.17) is 23.7 Å². The van der Waals surface area contributed by atoms with Gasteiger partial charge in [0, 0.05) is 20.2 Å². The predicted molar refractivity (Wildman–Crippen MR) is 116 cm³/mol. The molecule has 0 fully saturated rings. The zero-order chi connectivity index (χ0) is 21.8. The maximum Gasteiger partial charge on any atom is 0.161 e. The van der Waals surface area contributed by atoms with Gasteiger partial charge in [0.05, 0.1) is 20.3 Å². The summed E-state index contributed by atoms with van der Waals surface area (Å²) in [5.41, 5.74) is 1.06. The predicted octanol–water partition coefficient (Wildman–Crippen LogP) is 2.99. The van der Waals surface area contributed by atoms with Gasteiger partial charge in [-0.1, -0.05) is 18.2 Å². The maximum atomic E-state index is 10.4. The van der Waals surface area contributed by atoms with Crippen LogP contribution >= 0.6 is 0 Å². The second-order valence-corrected chi connectivity index (χ2v) is 6.87. The summed E-state index contributed by atoms with van der Waals surface area (Å²) in [5.74, 6) is 2.67. The summed E-state index contributed by atoms with van der Waals surface area (Å²) in [6, 6.07) is 13.3. The Labute approximate surface area is 179 Å².